The van der Waals surface area contributed by atoms with Crippen molar-refractivity contribution in [2.24, 2.45) is 4.99 Å². The van der Waals surface area contributed by atoms with Crippen LogP contribution in [0.25, 0.3) is 15.9 Å². The van der Waals surface area contributed by atoms with Crippen LogP contribution in [0.4, 0.5) is 5.13 Å². The Hall–Kier alpha value is -3.72. The van der Waals surface area contributed by atoms with Crippen LogP contribution < -0.4 is 16.0 Å². The second kappa shape index (κ2) is 7.96. The first-order valence-corrected chi connectivity index (χ1v) is 10.0. The lowest BCUT2D eigenvalue weighted by atomic mass is 10.2. The monoisotopic (exact) mass is 422 g/mol. The van der Waals surface area contributed by atoms with Gasteiger partial charge >= 0.3 is 5.69 Å². The van der Waals surface area contributed by atoms with Crippen molar-refractivity contribution in [3.63, 3.8) is 0 Å². The molecule has 0 unspecified atom stereocenters. The lowest BCUT2D eigenvalue weighted by Crippen LogP contribution is -2.31. The van der Waals surface area contributed by atoms with Crippen LogP contribution >= 0.6 is 11.3 Å². The molecule has 0 bridgehead atoms. The zero-order valence-electron chi connectivity index (χ0n) is 16.2. The number of aliphatic imine (C=N–C) groups is 1. The van der Waals surface area contributed by atoms with Gasteiger partial charge in [-0.2, -0.15) is 0 Å². The van der Waals surface area contributed by atoms with E-state index in [0.29, 0.717) is 17.4 Å². The molecule has 0 aliphatic rings. The van der Waals surface area contributed by atoms with Crippen molar-refractivity contribution in [3.05, 3.63) is 74.4 Å². The van der Waals surface area contributed by atoms with Crippen LogP contribution in [-0.2, 0) is 0 Å². The van der Waals surface area contributed by atoms with Crippen LogP contribution in [0.3, 0.4) is 0 Å². The Morgan fingerprint density at radius 3 is 2.87 bits per heavy atom. The molecule has 0 amide bonds. The molecule has 152 valence electrons. The van der Waals surface area contributed by atoms with Crippen molar-refractivity contribution in [1.82, 2.24) is 14.5 Å². The van der Waals surface area contributed by atoms with Crippen LogP contribution in [0.2, 0.25) is 0 Å². The molecule has 30 heavy (non-hydrogen) atoms. The smallest absolute Gasteiger partial charge is 0.335 e. The van der Waals surface area contributed by atoms with Gasteiger partial charge in [-0.05, 0) is 49.7 Å². The average Bonchev–Trinajstić information content (AvgIpc) is 3.10. The van der Waals surface area contributed by atoms with Gasteiger partial charge in [-0.15, -0.1) is 0 Å². The number of nitrogens with one attached hydrogen (secondary N) is 1. The first-order chi connectivity index (χ1) is 14.5. The van der Waals surface area contributed by atoms with Gasteiger partial charge in [-0.3, -0.25) is 9.78 Å². The number of aromatic amines is 1. The summed E-state index contributed by atoms with van der Waals surface area (Å²) in [6.07, 6.45) is 1.21. The number of thiazole rings is 1. The van der Waals surface area contributed by atoms with E-state index in [1.54, 1.807) is 18.2 Å². The highest BCUT2D eigenvalue weighted by Gasteiger charge is 2.14. The zero-order chi connectivity index (χ0) is 21.3. The molecule has 9 heteroatoms. The molecular weight excluding hydrogens is 404 g/mol. The number of ether oxygens (including phenoxy) is 1. The molecule has 0 aliphatic carbocycles. The molecular formula is C21H18N4O4S. The molecule has 0 radical (unpaired) electrons. The number of H-pyrrole nitrogens is 1. The number of hydrogen-bond acceptors (Lipinski definition) is 7. The third-order valence-electron chi connectivity index (χ3n) is 4.34. The van der Waals surface area contributed by atoms with Gasteiger partial charge in [0.25, 0.3) is 5.56 Å². The van der Waals surface area contributed by atoms with Gasteiger partial charge in [0.15, 0.2) is 0 Å². The van der Waals surface area contributed by atoms with Crippen LogP contribution in [-0.4, -0.2) is 32.5 Å². The van der Waals surface area contributed by atoms with Crippen molar-refractivity contribution in [3.8, 4) is 17.3 Å². The molecule has 0 fully saturated rings. The minimum absolute atomic E-state index is 0.134. The molecule has 2 aromatic carbocycles. The van der Waals surface area contributed by atoms with Gasteiger partial charge in [0.1, 0.15) is 11.3 Å². The summed E-state index contributed by atoms with van der Waals surface area (Å²) < 4.78 is 7.40. The quantitative estimate of drug-likeness (QED) is 0.480. The van der Waals surface area contributed by atoms with Crippen LogP contribution in [0.15, 0.2) is 57.0 Å². The summed E-state index contributed by atoms with van der Waals surface area (Å²) in [7, 11) is 0. The van der Waals surface area contributed by atoms with E-state index in [9.17, 15) is 14.7 Å². The summed E-state index contributed by atoms with van der Waals surface area (Å²) in [5, 5.41) is 11.0. The average molecular weight is 422 g/mol. The number of benzene rings is 2. The highest BCUT2D eigenvalue weighted by atomic mass is 32.1. The molecule has 0 spiro atoms. The van der Waals surface area contributed by atoms with E-state index in [-0.39, 0.29) is 5.56 Å². The Labute approximate surface area is 174 Å². The fourth-order valence-corrected chi connectivity index (χ4v) is 3.83. The molecule has 4 aromatic rings. The number of aromatic nitrogens is 3. The maximum absolute atomic E-state index is 12.3. The summed E-state index contributed by atoms with van der Waals surface area (Å²) >= 11 is 1.32. The number of nitrogens with zero attached hydrogens (tertiary/aromatic N) is 3. The predicted molar refractivity (Wildman–Crippen MR) is 117 cm³/mol. The van der Waals surface area contributed by atoms with E-state index in [1.807, 2.05) is 38.1 Å². The maximum atomic E-state index is 12.3. The Balaban J connectivity index is 1.75. The zero-order valence-corrected chi connectivity index (χ0v) is 17.1. The summed E-state index contributed by atoms with van der Waals surface area (Å²) in [5.74, 6) is 0.251. The van der Waals surface area contributed by atoms with E-state index >= 15 is 0 Å². The number of hydrogen-bond donors (Lipinski definition) is 2. The molecule has 0 saturated heterocycles. The van der Waals surface area contributed by atoms with Gasteiger partial charge in [-0.1, -0.05) is 23.5 Å². The fourth-order valence-electron chi connectivity index (χ4n) is 2.99. The number of aromatic hydroxyl groups is 1. The standard InChI is InChI=1S/C21H18N4O4S/c1-3-29-14-7-8-16-17(10-14)30-20(23-16)22-11-15-18(26)24-21(28)25(19(15)27)13-6-4-5-12(2)9-13/h4-11,27H,3H2,1-2H3,(H,24,26,28). The van der Waals surface area contributed by atoms with E-state index in [2.05, 4.69) is 15.0 Å². The molecule has 2 N–H and O–H groups in total. The molecule has 2 aromatic heterocycles. The topological polar surface area (TPSA) is 110 Å². The van der Waals surface area contributed by atoms with E-state index in [4.69, 9.17) is 4.74 Å². The van der Waals surface area contributed by atoms with E-state index in [1.165, 1.54) is 17.6 Å². The number of rotatable bonds is 5. The SMILES string of the molecule is CCOc1ccc2nc(N=Cc3c(O)n(-c4cccc(C)c4)c(=O)[nH]c3=O)sc2c1. The van der Waals surface area contributed by atoms with Gasteiger partial charge in [0, 0.05) is 6.21 Å². The second-order valence-corrected chi connectivity index (χ2v) is 7.50. The highest BCUT2D eigenvalue weighted by Crippen LogP contribution is 2.31. The minimum atomic E-state index is -0.733. The first-order valence-electron chi connectivity index (χ1n) is 9.19. The van der Waals surface area contributed by atoms with Crippen molar-refractivity contribution < 1.29 is 9.84 Å². The third kappa shape index (κ3) is 3.74. The molecule has 0 saturated carbocycles. The van der Waals surface area contributed by atoms with E-state index in [0.717, 1.165) is 26.1 Å². The second-order valence-electron chi connectivity index (χ2n) is 6.49. The molecule has 0 aliphatic heterocycles. The van der Waals surface area contributed by atoms with Crippen molar-refractivity contribution in [2.75, 3.05) is 6.61 Å². The lowest BCUT2D eigenvalue weighted by Gasteiger charge is -2.09. The van der Waals surface area contributed by atoms with Crippen molar-refractivity contribution in [1.29, 1.82) is 0 Å². The summed E-state index contributed by atoms with van der Waals surface area (Å²) in [5.41, 5.74) is 0.491. The molecule has 0 atom stereocenters. The summed E-state index contributed by atoms with van der Waals surface area (Å²) in [6, 6.07) is 12.5. The van der Waals surface area contributed by atoms with Gasteiger partial charge < -0.3 is 9.84 Å². The normalized spacial score (nSPS) is 11.4. The van der Waals surface area contributed by atoms with E-state index < -0.39 is 17.1 Å². The van der Waals surface area contributed by atoms with Crippen LogP contribution in [0, 0.1) is 6.92 Å². The Morgan fingerprint density at radius 2 is 2.10 bits per heavy atom. The predicted octanol–water partition coefficient (Wildman–Crippen LogP) is 3.30. The Morgan fingerprint density at radius 1 is 1.27 bits per heavy atom. The lowest BCUT2D eigenvalue weighted by molar-refractivity contribution is 0.341. The first kappa shape index (κ1) is 19.6. The van der Waals surface area contributed by atoms with Gasteiger partial charge in [0.05, 0.1) is 22.5 Å². The molecule has 4 rings (SSSR count). The largest absolute Gasteiger partial charge is 0.494 e. The Kier molecular flexibility index (Phi) is 5.20. The summed E-state index contributed by atoms with van der Waals surface area (Å²) in [4.78, 5) is 35.4. The van der Waals surface area contributed by atoms with Crippen molar-refractivity contribution >= 4 is 32.9 Å². The Bertz CT molecular complexity index is 1380. The number of aryl methyl sites for hydroxylation is 1. The van der Waals surface area contributed by atoms with Crippen LogP contribution in [0.5, 0.6) is 11.6 Å². The molecule has 8 nitrogen and oxygen atoms in total. The molecule has 2 heterocycles. The maximum Gasteiger partial charge on any atom is 0.335 e. The van der Waals surface area contributed by atoms with Gasteiger partial charge in [-0.25, -0.2) is 19.3 Å². The highest BCUT2D eigenvalue weighted by molar-refractivity contribution is 7.22. The van der Waals surface area contributed by atoms with Crippen LogP contribution in [0.1, 0.15) is 18.1 Å². The van der Waals surface area contributed by atoms with Gasteiger partial charge in [0.2, 0.25) is 11.0 Å². The minimum Gasteiger partial charge on any atom is -0.494 e. The fraction of sp³-hybridized carbons (Fsp3) is 0.143. The number of fused-ring (bicyclic) bond motifs is 1. The third-order valence-corrected chi connectivity index (χ3v) is 5.27. The van der Waals surface area contributed by atoms with Crippen molar-refractivity contribution in [2.45, 2.75) is 13.8 Å². The summed E-state index contributed by atoms with van der Waals surface area (Å²) in [6.45, 7) is 4.34.